The van der Waals surface area contributed by atoms with Crippen LogP contribution < -0.4 is 14.4 Å². The maximum Gasteiger partial charge on any atom is 0.341 e. The molecule has 11 heteroatoms. The van der Waals surface area contributed by atoms with Gasteiger partial charge in [-0.15, -0.1) is 23.1 Å². The third-order valence-corrected chi connectivity index (χ3v) is 9.65. The highest BCUT2D eigenvalue weighted by Crippen LogP contribution is 2.30. The Morgan fingerprint density at radius 1 is 0.933 bits per heavy atom. The van der Waals surface area contributed by atoms with Crippen LogP contribution in [0.5, 0.6) is 11.5 Å². The monoisotopic (exact) mass is 641 g/mol. The molecule has 1 fully saturated rings. The van der Waals surface area contributed by atoms with Crippen LogP contribution in [0.25, 0.3) is 16.1 Å². The lowest BCUT2D eigenvalue weighted by Gasteiger charge is -2.35. The first-order valence-electron chi connectivity index (χ1n) is 14.7. The fourth-order valence-corrected chi connectivity index (χ4v) is 6.94. The van der Waals surface area contributed by atoms with E-state index in [0.29, 0.717) is 11.5 Å². The molecule has 1 saturated heterocycles. The molecule has 6 rings (SSSR count). The zero-order valence-electron chi connectivity index (χ0n) is 25.3. The Morgan fingerprint density at radius 2 is 1.67 bits per heavy atom. The predicted octanol–water partition coefficient (Wildman–Crippen LogP) is 6.39. The maximum absolute atomic E-state index is 10.9. The lowest BCUT2D eigenvalue weighted by atomic mass is 10.2. The molecule has 232 valence electrons. The van der Waals surface area contributed by atoms with E-state index in [1.807, 2.05) is 37.3 Å². The summed E-state index contributed by atoms with van der Waals surface area (Å²) in [5, 5.41) is 21.0. The number of aryl methyl sites for hydroxylation is 1. The number of piperazine rings is 1. The van der Waals surface area contributed by atoms with Gasteiger partial charge >= 0.3 is 5.97 Å². The summed E-state index contributed by atoms with van der Waals surface area (Å²) in [4.78, 5) is 19.8. The average molecular weight is 642 g/mol. The van der Waals surface area contributed by atoms with E-state index >= 15 is 0 Å². The Kier molecular flexibility index (Phi) is 9.68. The van der Waals surface area contributed by atoms with E-state index in [1.165, 1.54) is 16.1 Å². The number of anilines is 1. The van der Waals surface area contributed by atoms with Gasteiger partial charge in [-0.25, -0.2) is 4.79 Å². The van der Waals surface area contributed by atoms with Crippen molar-refractivity contribution in [1.29, 1.82) is 0 Å². The van der Waals surface area contributed by atoms with Gasteiger partial charge in [-0.1, -0.05) is 18.2 Å². The number of methoxy groups -OCH3 is 1. The van der Waals surface area contributed by atoms with E-state index < -0.39 is 5.97 Å². The molecule has 1 aliphatic rings. The molecule has 3 aromatic carbocycles. The highest BCUT2D eigenvalue weighted by molar-refractivity contribution is 7.98. The van der Waals surface area contributed by atoms with Gasteiger partial charge in [-0.05, 0) is 84.1 Å². The summed E-state index contributed by atoms with van der Waals surface area (Å²) >= 11 is 3.41. The number of rotatable bonds is 12. The molecule has 45 heavy (non-hydrogen) atoms. The fraction of sp³-hybridized carbons (Fsp3) is 0.265. The number of hydrogen-bond acceptors (Lipinski definition) is 9. The zero-order chi connectivity index (χ0) is 31.2. The van der Waals surface area contributed by atoms with Crippen LogP contribution in [0.2, 0.25) is 0 Å². The lowest BCUT2D eigenvalue weighted by Crippen LogP contribution is -2.46. The van der Waals surface area contributed by atoms with Crippen molar-refractivity contribution in [3.8, 4) is 27.6 Å². The fourth-order valence-electron chi connectivity index (χ4n) is 5.25. The van der Waals surface area contributed by atoms with E-state index in [-0.39, 0.29) is 6.61 Å². The van der Waals surface area contributed by atoms with E-state index in [0.717, 1.165) is 66.0 Å². The summed E-state index contributed by atoms with van der Waals surface area (Å²) < 4.78 is 10.7. The van der Waals surface area contributed by atoms with Gasteiger partial charge in [0.2, 0.25) is 0 Å². The number of carboxylic acids is 1. The van der Waals surface area contributed by atoms with E-state index in [9.17, 15) is 4.79 Å². The van der Waals surface area contributed by atoms with Gasteiger partial charge in [0.25, 0.3) is 0 Å². The van der Waals surface area contributed by atoms with Gasteiger partial charge in [-0.3, -0.25) is 4.90 Å². The van der Waals surface area contributed by atoms with Gasteiger partial charge in [0, 0.05) is 53.9 Å². The van der Waals surface area contributed by atoms with Crippen LogP contribution in [0.1, 0.15) is 17.0 Å². The number of thiophene rings is 1. The molecule has 1 N–H and O–H groups in total. The predicted molar refractivity (Wildman–Crippen MR) is 179 cm³/mol. The van der Waals surface area contributed by atoms with Crippen LogP contribution in [-0.4, -0.2) is 70.9 Å². The SMILES string of the molecule is COc1ccc(N2CCN(Cc3nn(-c4ccc(-c5cccs5)cc4)nc3CSc3ccc(OCC(=O)O)c(C)c3)CC2)cc1. The number of benzene rings is 3. The number of carbonyl (C=O) groups is 1. The lowest BCUT2D eigenvalue weighted by molar-refractivity contribution is -0.139. The Bertz CT molecular complexity index is 1710. The molecule has 9 nitrogen and oxygen atoms in total. The molecule has 0 amide bonds. The maximum atomic E-state index is 10.9. The number of aliphatic carboxylic acids is 1. The summed E-state index contributed by atoms with van der Waals surface area (Å²) in [6, 6.07) is 26.6. The highest BCUT2D eigenvalue weighted by Gasteiger charge is 2.21. The van der Waals surface area contributed by atoms with Crippen molar-refractivity contribution >= 4 is 34.8 Å². The molecule has 0 unspecified atom stereocenters. The van der Waals surface area contributed by atoms with Crippen molar-refractivity contribution in [2.24, 2.45) is 0 Å². The zero-order valence-corrected chi connectivity index (χ0v) is 26.9. The molecule has 0 aliphatic carbocycles. The van der Waals surface area contributed by atoms with Gasteiger partial charge < -0.3 is 19.5 Å². The van der Waals surface area contributed by atoms with Crippen molar-refractivity contribution in [3.05, 3.63) is 101 Å². The summed E-state index contributed by atoms with van der Waals surface area (Å²) in [6.45, 7) is 6.02. The first kappa shape index (κ1) is 30.7. The third-order valence-electron chi connectivity index (χ3n) is 7.72. The minimum absolute atomic E-state index is 0.359. The van der Waals surface area contributed by atoms with Crippen LogP contribution in [0.3, 0.4) is 0 Å². The van der Waals surface area contributed by atoms with Crippen LogP contribution in [0, 0.1) is 6.92 Å². The molecule has 0 radical (unpaired) electrons. The molecular weight excluding hydrogens is 607 g/mol. The van der Waals surface area contributed by atoms with Crippen molar-refractivity contribution in [2.75, 3.05) is 44.8 Å². The largest absolute Gasteiger partial charge is 0.497 e. The first-order chi connectivity index (χ1) is 21.9. The normalized spacial score (nSPS) is 13.6. The second-order valence-corrected chi connectivity index (χ2v) is 12.8. The Morgan fingerprint density at radius 3 is 2.33 bits per heavy atom. The first-order valence-corrected chi connectivity index (χ1v) is 16.6. The van der Waals surface area contributed by atoms with Crippen molar-refractivity contribution in [1.82, 2.24) is 19.9 Å². The van der Waals surface area contributed by atoms with Crippen molar-refractivity contribution in [3.63, 3.8) is 0 Å². The summed E-state index contributed by atoms with van der Waals surface area (Å²) in [5.41, 5.74) is 6.13. The molecule has 5 aromatic rings. The molecular formula is C34H35N5O4S2. The summed E-state index contributed by atoms with van der Waals surface area (Å²) in [7, 11) is 1.69. The van der Waals surface area contributed by atoms with Crippen LogP contribution >= 0.6 is 23.1 Å². The van der Waals surface area contributed by atoms with Crippen molar-refractivity contribution in [2.45, 2.75) is 24.1 Å². The molecule has 1 aliphatic heterocycles. The van der Waals surface area contributed by atoms with Crippen LogP contribution in [0.4, 0.5) is 5.69 Å². The number of aromatic nitrogens is 3. The minimum Gasteiger partial charge on any atom is -0.497 e. The topological polar surface area (TPSA) is 93.0 Å². The molecule has 0 bridgehead atoms. The van der Waals surface area contributed by atoms with Gasteiger partial charge in [0.15, 0.2) is 6.61 Å². The Balaban J connectivity index is 1.17. The number of hydrogen-bond donors (Lipinski definition) is 1. The molecule has 0 spiro atoms. The smallest absolute Gasteiger partial charge is 0.341 e. The van der Waals surface area contributed by atoms with Gasteiger partial charge in [-0.2, -0.15) is 15.0 Å². The number of carboxylic acid groups (broad SMARTS) is 1. The Labute approximate surface area is 271 Å². The van der Waals surface area contributed by atoms with E-state index in [4.69, 9.17) is 24.8 Å². The molecule has 0 atom stereocenters. The van der Waals surface area contributed by atoms with Gasteiger partial charge in [0.05, 0.1) is 18.5 Å². The quantitative estimate of drug-likeness (QED) is 0.156. The minimum atomic E-state index is -0.994. The summed E-state index contributed by atoms with van der Waals surface area (Å²) in [5.74, 6) is 1.10. The summed E-state index contributed by atoms with van der Waals surface area (Å²) in [6.07, 6.45) is 0. The third kappa shape index (κ3) is 7.67. The van der Waals surface area contributed by atoms with Gasteiger partial charge in [0.1, 0.15) is 17.2 Å². The molecule has 2 aromatic heterocycles. The molecule has 0 saturated carbocycles. The Hall–Kier alpha value is -4.32. The number of nitrogens with zero attached hydrogens (tertiary/aromatic N) is 5. The van der Waals surface area contributed by atoms with E-state index in [1.54, 1.807) is 35.0 Å². The van der Waals surface area contributed by atoms with E-state index in [2.05, 4.69) is 63.7 Å². The standard InChI is InChI=1S/C34H35N5O4S2/c1-24-20-29(13-14-32(24)43-22-34(40)41)45-23-31-30(21-37-15-17-38(18-16-37)26-9-11-28(42-2)12-10-26)35-39(36-31)27-7-5-25(6-8-27)33-4-3-19-44-33/h3-14,19-20H,15-18,21-23H2,1-2H3,(H,40,41). The average Bonchev–Trinajstić information content (AvgIpc) is 3.75. The highest BCUT2D eigenvalue weighted by atomic mass is 32.2. The van der Waals surface area contributed by atoms with Crippen LogP contribution in [-0.2, 0) is 17.1 Å². The number of thioether (sulfide) groups is 1. The number of ether oxygens (including phenoxy) is 2. The second-order valence-electron chi connectivity index (χ2n) is 10.8. The van der Waals surface area contributed by atoms with Crippen molar-refractivity contribution < 1.29 is 19.4 Å². The molecule has 3 heterocycles. The van der Waals surface area contributed by atoms with Crippen LogP contribution in [0.15, 0.2) is 89.1 Å². The second kappa shape index (κ2) is 14.2.